The number of aromatic nitrogens is 3. The molecule has 2 aromatic heterocycles. The van der Waals surface area contributed by atoms with E-state index in [1.54, 1.807) is 0 Å². The van der Waals surface area contributed by atoms with E-state index in [1.165, 1.54) is 12.1 Å². The molecule has 0 aliphatic rings. The van der Waals surface area contributed by atoms with Crippen LogP contribution in [0.1, 0.15) is 18.1 Å². The number of H-pyrrole nitrogens is 1. The summed E-state index contributed by atoms with van der Waals surface area (Å²) < 4.78 is 15.2. The van der Waals surface area contributed by atoms with Gasteiger partial charge in [-0.1, -0.05) is 0 Å². The number of aryl methyl sites for hydroxylation is 1. The van der Waals surface area contributed by atoms with Crippen molar-refractivity contribution < 1.29 is 4.39 Å². The van der Waals surface area contributed by atoms with Crippen LogP contribution >= 0.6 is 24.0 Å². The number of nitrogens with one attached hydrogen (secondary N) is 3. The Balaban J connectivity index is 0.00000261. The molecule has 0 aliphatic heterocycles. The van der Waals surface area contributed by atoms with Crippen molar-refractivity contribution in [3.05, 3.63) is 53.7 Å². The highest BCUT2D eigenvalue weighted by Gasteiger charge is 2.05. The number of hydrogen-bond donors (Lipinski definition) is 3. The van der Waals surface area contributed by atoms with Gasteiger partial charge in [0.05, 0.1) is 12.7 Å². The zero-order valence-corrected chi connectivity index (χ0v) is 18.0. The van der Waals surface area contributed by atoms with Gasteiger partial charge in [-0.3, -0.25) is 9.67 Å². The monoisotopic (exact) mass is 484 g/mol. The van der Waals surface area contributed by atoms with Crippen LogP contribution in [0.5, 0.6) is 0 Å². The molecule has 27 heavy (non-hydrogen) atoms. The van der Waals surface area contributed by atoms with E-state index in [2.05, 4.69) is 25.7 Å². The van der Waals surface area contributed by atoms with E-state index in [4.69, 9.17) is 0 Å². The van der Waals surface area contributed by atoms with Crippen molar-refractivity contribution in [1.82, 2.24) is 25.4 Å². The predicted octanol–water partition coefficient (Wildman–Crippen LogP) is 3.23. The van der Waals surface area contributed by atoms with Gasteiger partial charge < -0.3 is 15.6 Å². The van der Waals surface area contributed by atoms with Crippen LogP contribution in [0.15, 0.2) is 41.8 Å². The maximum Gasteiger partial charge on any atom is 0.191 e. The molecule has 0 spiro atoms. The highest BCUT2D eigenvalue weighted by atomic mass is 127. The highest BCUT2D eigenvalue weighted by molar-refractivity contribution is 14.0. The minimum Gasteiger partial charge on any atom is -0.361 e. The number of halogens is 2. The van der Waals surface area contributed by atoms with Gasteiger partial charge >= 0.3 is 0 Å². The quantitative estimate of drug-likeness (QED) is 0.274. The summed E-state index contributed by atoms with van der Waals surface area (Å²) in [5.74, 6) is 0.567. The molecule has 0 bridgehead atoms. The van der Waals surface area contributed by atoms with Gasteiger partial charge in [-0.25, -0.2) is 4.39 Å². The maximum atomic E-state index is 13.3. The molecule has 0 radical (unpaired) electrons. The molecule has 0 fully saturated rings. The molecule has 8 heteroatoms. The van der Waals surface area contributed by atoms with Gasteiger partial charge in [0.1, 0.15) is 5.82 Å². The summed E-state index contributed by atoms with van der Waals surface area (Å²) in [5, 5.41) is 11.9. The number of rotatable bonds is 7. The van der Waals surface area contributed by atoms with Gasteiger partial charge in [0, 0.05) is 42.9 Å². The van der Waals surface area contributed by atoms with Crippen molar-refractivity contribution in [2.24, 2.45) is 4.99 Å². The van der Waals surface area contributed by atoms with Crippen molar-refractivity contribution in [2.75, 3.05) is 19.6 Å². The Labute approximate surface area is 175 Å². The van der Waals surface area contributed by atoms with E-state index >= 15 is 0 Å². The van der Waals surface area contributed by atoms with Crippen LogP contribution in [0.3, 0.4) is 0 Å². The molecular formula is C19H26FIN6. The second kappa shape index (κ2) is 10.3. The van der Waals surface area contributed by atoms with Crippen molar-refractivity contribution in [1.29, 1.82) is 0 Å². The molecule has 0 atom stereocenters. The number of nitrogens with zero attached hydrogens (tertiary/aromatic N) is 3. The van der Waals surface area contributed by atoms with Crippen LogP contribution in [0.4, 0.5) is 4.39 Å². The van der Waals surface area contributed by atoms with Crippen LogP contribution in [0, 0.1) is 12.7 Å². The van der Waals surface area contributed by atoms with Crippen LogP contribution < -0.4 is 10.6 Å². The average molecular weight is 484 g/mol. The number of aliphatic imine (C=N–C) groups is 1. The van der Waals surface area contributed by atoms with Crippen LogP contribution in [0.2, 0.25) is 0 Å². The van der Waals surface area contributed by atoms with E-state index in [9.17, 15) is 4.39 Å². The van der Waals surface area contributed by atoms with Crippen LogP contribution in [0.25, 0.3) is 10.9 Å². The van der Waals surface area contributed by atoms with Crippen LogP contribution in [-0.2, 0) is 13.0 Å². The fourth-order valence-corrected chi connectivity index (χ4v) is 2.87. The van der Waals surface area contributed by atoms with Crippen LogP contribution in [-0.4, -0.2) is 40.4 Å². The summed E-state index contributed by atoms with van der Waals surface area (Å²) in [6.45, 7) is 7.06. The van der Waals surface area contributed by atoms with Gasteiger partial charge in [0.2, 0.25) is 0 Å². The fourth-order valence-electron chi connectivity index (χ4n) is 2.87. The highest BCUT2D eigenvalue weighted by Crippen LogP contribution is 2.19. The minimum absolute atomic E-state index is 0. The summed E-state index contributed by atoms with van der Waals surface area (Å²) >= 11 is 0. The molecular weight excluding hydrogens is 458 g/mol. The van der Waals surface area contributed by atoms with E-state index in [0.717, 1.165) is 54.0 Å². The van der Waals surface area contributed by atoms with E-state index in [0.29, 0.717) is 6.54 Å². The smallest absolute Gasteiger partial charge is 0.191 e. The topological polar surface area (TPSA) is 70.0 Å². The summed E-state index contributed by atoms with van der Waals surface area (Å²) in [7, 11) is 0. The second-order valence-electron chi connectivity index (χ2n) is 6.22. The molecule has 3 aromatic rings. The number of guanidine groups is 1. The van der Waals surface area contributed by atoms with Gasteiger partial charge in [0.15, 0.2) is 5.96 Å². The Bertz CT molecular complexity index is 885. The van der Waals surface area contributed by atoms with Gasteiger partial charge in [-0.2, -0.15) is 5.10 Å². The fraction of sp³-hybridized carbons (Fsp3) is 0.368. The average Bonchev–Trinajstić information content (AvgIpc) is 3.21. The third kappa shape index (κ3) is 5.95. The first kappa shape index (κ1) is 21.2. The molecule has 0 saturated carbocycles. The van der Waals surface area contributed by atoms with E-state index in [-0.39, 0.29) is 29.8 Å². The summed E-state index contributed by atoms with van der Waals surface area (Å²) in [4.78, 5) is 7.74. The zero-order chi connectivity index (χ0) is 18.4. The first-order chi connectivity index (χ1) is 12.7. The molecule has 0 aliphatic carbocycles. The molecule has 0 amide bonds. The van der Waals surface area contributed by atoms with Crippen molar-refractivity contribution in [2.45, 2.75) is 26.8 Å². The molecule has 0 unspecified atom stereocenters. The largest absolute Gasteiger partial charge is 0.361 e. The van der Waals surface area contributed by atoms with E-state index in [1.807, 2.05) is 43.2 Å². The summed E-state index contributed by atoms with van der Waals surface area (Å²) in [6.07, 6.45) is 6.60. The van der Waals surface area contributed by atoms with Gasteiger partial charge in [0.25, 0.3) is 0 Å². The predicted molar refractivity (Wildman–Crippen MR) is 118 cm³/mol. The normalized spacial score (nSPS) is 11.4. The zero-order valence-electron chi connectivity index (χ0n) is 15.6. The standard InChI is InChI=1S/C19H25FN6.HI/c1-3-21-19(23-8-9-26-13-14(2)11-25-26)22-7-6-15-12-24-18-10-16(20)4-5-17(15)18;/h4-5,10-13,24H,3,6-9H2,1-2H3,(H2,21,22,23);1H. The lowest BCUT2D eigenvalue weighted by molar-refractivity contribution is 0.597. The molecule has 0 saturated heterocycles. The Morgan fingerprint density at radius 1 is 1.33 bits per heavy atom. The van der Waals surface area contributed by atoms with Crippen molar-refractivity contribution in [3.63, 3.8) is 0 Å². The van der Waals surface area contributed by atoms with Gasteiger partial charge in [-0.15, -0.1) is 24.0 Å². The first-order valence-electron chi connectivity index (χ1n) is 8.92. The summed E-state index contributed by atoms with van der Waals surface area (Å²) in [5.41, 5.74) is 3.12. The third-order valence-electron chi connectivity index (χ3n) is 4.12. The lowest BCUT2D eigenvalue weighted by Gasteiger charge is -2.11. The first-order valence-corrected chi connectivity index (χ1v) is 8.92. The van der Waals surface area contributed by atoms with Crippen molar-refractivity contribution >= 4 is 40.8 Å². The molecule has 6 nitrogen and oxygen atoms in total. The number of fused-ring (bicyclic) bond motifs is 1. The Morgan fingerprint density at radius 2 is 2.19 bits per heavy atom. The number of benzene rings is 1. The molecule has 146 valence electrons. The Morgan fingerprint density at radius 3 is 2.93 bits per heavy atom. The maximum absolute atomic E-state index is 13.3. The SMILES string of the molecule is CCNC(=NCCc1c[nH]c2cc(F)ccc12)NCCn1cc(C)cn1.I. The second-order valence-corrected chi connectivity index (χ2v) is 6.22. The Kier molecular flexibility index (Phi) is 8.08. The van der Waals surface area contributed by atoms with Crippen molar-refractivity contribution in [3.8, 4) is 0 Å². The lowest BCUT2D eigenvalue weighted by Crippen LogP contribution is -2.39. The lowest BCUT2D eigenvalue weighted by atomic mass is 10.1. The van der Waals surface area contributed by atoms with E-state index < -0.39 is 0 Å². The number of hydrogen-bond acceptors (Lipinski definition) is 2. The minimum atomic E-state index is -0.227. The molecule has 2 heterocycles. The molecule has 3 N–H and O–H groups in total. The molecule has 1 aromatic carbocycles. The van der Waals surface area contributed by atoms with Gasteiger partial charge in [-0.05, 0) is 49.6 Å². The summed E-state index contributed by atoms with van der Waals surface area (Å²) in [6, 6.07) is 4.83. The number of aromatic amines is 1. The third-order valence-corrected chi connectivity index (χ3v) is 4.12. The Hall–Kier alpha value is -2.10. The molecule has 3 rings (SSSR count).